The van der Waals surface area contributed by atoms with Crippen molar-refractivity contribution in [1.29, 1.82) is 0 Å². The lowest BCUT2D eigenvalue weighted by molar-refractivity contribution is -0.316. The molecule has 3 aromatic carbocycles. The molecule has 51 heavy (non-hydrogen) atoms. The molecule has 7 atom stereocenters. The van der Waals surface area contributed by atoms with E-state index in [4.69, 9.17) is 28.4 Å². The van der Waals surface area contributed by atoms with Crippen LogP contribution in [-0.2, 0) is 48.2 Å². The quantitative estimate of drug-likeness (QED) is 0.225. The summed E-state index contributed by atoms with van der Waals surface area (Å²) in [6.45, 7) is 7.59. The summed E-state index contributed by atoms with van der Waals surface area (Å²) in [4.78, 5) is 14.3. The summed E-state index contributed by atoms with van der Waals surface area (Å²) in [7, 11) is 0. The largest absolute Gasteiger partial charge is 0.444 e. The van der Waals surface area contributed by atoms with E-state index in [1.165, 1.54) is 13.8 Å². The van der Waals surface area contributed by atoms with Gasteiger partial charge in [-0.05, 0) is 51.3 Å². The molecule has 0 bridgehead atoms. The molecule has 2 saturated heterocycles. The maximum Gasteiger partial charge on any atom is 0.412 e. The average molecular weight is 714 g/mol. The van der Waals surface area contributed by atoms with Gasteiger partial charge in [-0.25, -0.2) is 13.6 Å². The maximum atomic E-state index is 16.8. The van der Waals surface area contributed by atoms with E-state index in [1.54, 1.807) is 20.8 Å². The highest BCUT2D eigenvalue weighted by Gasteiger charge is 2.63. The first-order chi connectivity index (χ1) is 24.2. The predicted octanol–water partition coefficient (Wildman–Crippen LogP) is 5.87. The number of nitrogens with zero attached hydrogens (tertiary/aromatic N) is 1. The molecule has 0 radical (unpaired) electrons. The fourth-order valence-corrected chi connectivity index (χ4v) is 6.33. The molecule has 0 aromatic heterocycles. The Morgan fingerprint density at radius 3 is 1.86 bits per heavy atom. The first-order valence-electron chi connectivity index (χ1n) is 17.2. The molecule has 12 heteroatoms. The summed E-state index contributed by atoms with van der Waals surface area (Å²) in [5.41, 5.74) is 0.0990. The third-order valence-electron chi connectivity index (χ3n) is 8.87. The molecule has 2 heterocycles. The van der Waals surface area contributed by atoms with Crippen molar-refractivity contribution in [3.8, 4) is 0 Å². The minimum Gasteiger partial charge on any atom is -0.444 e. The predicted molar refractivity (Wildman–Crippen MR) is 184 cm³/mol. The molecule has 278 valence electrons. The molecule has 3 aromatic rings. The molecule has 5 rings (SSSR count). The first kappa shape index (κ1) is 38.7. The van der Waals surface area contributed by atoms with Crippen LogP contribution in [0.4, 0.5) is 13.6 Å². The Bertz CT molecular complexity index is 1520. The molecule has 1 amide bonds. The molecule has 0 spiro atoms. The number of carbonyl (C=O) groups is 1. The van der Waals surface area contributed by atoms with Crippen molar-refractivity contribution < 1.29 is 52.2 Å². The Labute approximate surface area is 298 Å². The lowest BCUT2D eigenvalue weighted by atomic mass is 9.87. The minimum absolute atomic E-state index is 0.0245. The van der Waals surface area contributed by atoms with Crippen molar-refractivity contribution >= 4 is 6.09 Å². The topological polar surface area (TPSA) is 116 Å². The van der Waals surface area contributed by atoms with Crippen LogP contribution in [0.3, 0.4) is 0 Å². The van der Waals surface area contributed by atoms with Gasteiger partial charge in [0.15, 0.2) is 6.10 Å². The molecule has 2 fully saturated rings. The molecule has 0 saturated carbocycles. The van der Waals surface area contributed by atoms with Crippen LogP contribution in [0, 0.1) is 0 Å². The molecule has 10 nitrogen and oxygen atoms in total. The number of ether oxygens (including phenoxy) is 6. The van der Waals surface area contributed by atoms with E-state index in [0.717, 1.165) is 21.6 Å². The van der Waals surface area contributed by atoms with Crippen molar-refractivity contribution in [3.63, 3.8) is 0 Å². The van der Waals surface area contributed by atoms with Crippen molar-refractivity contribution in [3.05, 3.63) is 108 Å². The highest BCUT2D eigenvalue weighted by atomic mass is 19.3. The van der Waals surface area contributed by atoms with Crippen LogP contribution in [0.2, 0.25) is 0 Å². The fourth-order valence-electron chi connectivity index (χ4n) is 6.33. The molecular weight excluding hydrogens is 664 g/mol. The average Bonchev–Trinajstić information content (AvgIpc) is 3.42. The molecular formula is C39H49F2NO9. The monoisotopic (exact) mass is 713 g/mol. The second kappa shape index (κ2) is 16.5. The van der Waals surface area contributed by atoms with Crippen LogP contribution in [-0.4, -0.2) is 94.3 Å². The summed E-state index contributed by atoms with van der Waals surface area (Å²) >= 11 is 0. The van der Waals surface area contributed by atoms with Gasteiger partial charge in [0.1, 0.15) is 41.8 Å². The zero-order chi connectivity index (χ0) is 36.8. The van der Waals surface area contributed by atoms with E-state index in [1.807, 2.05) is 91.0 Å². The van der Waals surface area contributed by atoms with Crippen LogP contribution in [0.1, 0.15) is 51.3 Å². The standard InChI is InChI=1S/C39H49F2NO9/c1-37(2,3)51-36(45)42-29(24-49-38(42,4)5)34(44)39(40,41)35-31(43)33(48-23-28-19-13-8-14-20-28)32(47-22-27-17-11-7-12-18-27)30(50-35)25-46-21-26-15-9-6-10-16-26/h6-20,29-35,43-44H,21-25H2,1-5H3/t29-,30-,31-,32+,33-,34?,35+/m1/s1. The number of rotatable bonds is 13. The Kier molecular flexibility index (Phi) is 12.5. The van der Waals surface area contributed by atoms with Gasteiger partial charge in [-0.3, -0.25) is 4.90 Å². The summed E-state index contributed by atoms with van der Waals surface area (Å²) in [6, 6.07) is 26.2. The third-order valence-corrected chi connectivity index (χ3v) is 8.87. The van der Waals surface area contributed by atoms with Gasteiger partial charge in [0, 0.05) is 0 Å². The smallest absolute Gasteiger partial charge is 0.412 e. The van der Waals surface area contributed by atoms with Gasteiger partial charge in [0.2, 0.25) is 0 Å². The van der Waals surface area contributed by atoms with Crippen LogP contribution in [0.5, 0.6) is 0 Å². The number of hydrogen-bond acceptors (Lipinski definition) is 9. The Morgan fingerprint density at radius 1 is 0.863 bits per heavy atom. The highest BCUT2D eigenvalue weighted by Crippen LogP contribution is 2.41. The van der Waals surface area contributed by atoms with E-state index in [-0.39, 0.29) is 26.4 Å². The first-order valence-corrected chi connectivity index (χ1v) is 17.2. The Balaban J connectivity index is 1.45. The summed E-state index contributed by atoms with van der Waals surface area (Å²) in [5.74, 6) is -4.13. The van der Waals surface area contributed by atoms with Crippen LogP contribution >= 0.6 is 0 Å². The third kappa shape index (κ3) is 9.69. The molecule has 2 aliphatic rings. The molecule has 0 aliphatic carbocycles. The van der Waals surface area contributed by atoms with Gasteiger partial charge in [-0.1, -0.05) is 91.0 Å². The minimum atomic E-state index is -4.13. The zero-order valence-electron chi connectivity index (χ0n) is 29.7. The van der Waals surface area contributed by atoms with E-state index < -0.39 is 72.6 Å². The molecule has 2 N–H and O–H groups in total. The normalized spacial score (nSPS) is 25.8. The number of aliphatic hydroxyl groups is 2. The van der Waals surface area contributed by atoms with Crippen LogP contribution in [0.15, 0.2) is 91.0 Å². The number of carbonyl (C=O) groups excluding carboxylic acids is 1. The van der Waals surface area contributed by atoms with Crippen molar-refractivity contribution in [2.75, 3.05) is 13.2 Å². The lowest BCUT2D eigenvalue weighted by Crippen LogP contribution is -2.68. The number of amides is 1. The van der Waals surface area contributed by atoms with Gasteiger partial charge >= 0.3 is 12.0 Å². The number of aliphatic hydroxyl groups excluding tert-OH is 2. The maximum absolute atomic E-state index is 16.8. The number of hydrogen-bond donors (Lipinski definition) is 2. The van der Waals surface area contributed by atoms with Crippen LogP contribution in [0.25, 0.3) is 0 Å². The highest BCUT2D eigenvalue weighted by molar-refractivity contribution is 5.70. The number of benzene rings is 3. The fraction of sp³-hybridized carbons (Fsp3) is 0.513. The summed E-state index contributed by atoms with van der Waals surface area (Å²) in [5, 5.41) is 23.2. The van der Waals surface area contributed by atoms with Gasteiger partial charge < -0.3 is 38.6 Å². The Morgan fingerprint density at radius 2 is 1.35 bits per heavy atom. The van der Waals surface area contributed by atoms with Gasteiger partial charge in [0.05, 0.1) is 39.1 Å². The second-order valence-electron chi connectivity index (χ2n) is 14.4. The van der Waals surface area contributed by atoms with E-state index in [0.29, 0.717) is 0 Å². The number of halogens is 2. The summed E-state index contributed by atoms with van der Waals surface area (Å²) in [6.07, 6.45) is -11.3. The Hall–Kier alpha value is -3.49. The number of alkyl halides is 2. The van der Waals surface area contributed by atoms with Crippen molar-refractivity contribution in [2.24, 2.45) is 0 Å². The van der Waals surface area contributed by atoms with Gasteiger partial charge in [-0.2, -0.15) is 0 Å². The second-order valence-corrected chi connectivity index (χ2v) is 14.4. The molecule has 1 unspecified atom stereocenters. The summed E-state index contributed by atoms with van der Waals surface area (Å²) < 4.78 is 69.4. The SMILES string of the molecule is CC(C)(C)OC(=O)N1[C@@H](C(O)C(F)(F)[C@H]2O[C@H](COCc3ccccc3)[C@H](OCc3ccccc3)[C@H](OCc3ccccc3)[C@H]2O)COC1(C)C. The zero-order valence-corrected chi connectivity index (χ0v) is 29.7. The van der Waals surface area contributed by atoms with Crippen molar-refractivity contribution in [1.82, 2.24) is 4.90 Å². The van der Waals surface area contributed by atoms with E-state index >= 15 is 8.78 Å². The van der Waals surface area contributed by atoms with Crippen LogP contribution < -0.4 is 0 Å². The van der Waals surface area contributed by atoms with E-state index in [9.17, 15) is 15.0 Å². The van der Waals surface area contributed by atoms with E-state index in [2.05, 4.69) is 0 Å². The van der Waals surface area contributed by atoms with Gasteiger partial charge in [-0.15, -0.1) is 0 Å². The van der Waals surface area contributed by atoms with Crippen molar-refractivity contribution in [2.45, 2.75) is 114 Å². The lowest BCUT2D eigenvalue weighted by Gasteiger charge is -2.48. The van der Waals surface area contributed by atoms with Gasteiger partial charge in [0.25, 0.3) is 0 Å². The molecule has 2 aliphatic heterocycles.